The predicted molar refractivity (Wildman–Crippen MR) is 105 cm³/mol. The number of carbonyl (C=O) groups excluding carboxylic acids is 1. The lowest BCUT2D eigenvalue weighted by Crippen LogP contribution is -2.41. The van der Waals surface area contributed by atoms with Gasteiger partial charge in [0, 0.05) is 24.7 Å². The van der Waals surface area contributed by atoms with Gasteiger partial charge in [-0.3, -0.25) is 4.79 Å². The molecule has 1 N–H and O–H groups in total. The van der Waals surface area contributed by atoms with Crippen molar-refractivity contribution in [3.8, 4) is 11.5 Å². The lowest BCUT2D eigenvalue weighted by molar-refractivity contribution is -0.120. The highest BCUT2D eigenvalue weighted by Crippen LogP contribution is 2.31. The first kappa shape index (κ1) is 18.5. The van der Waals surface area contributed by atoms with E-state index in [9.17, 15) is 4.79 Å². The van der Waals surface area contributed by atoms with Crippen molar-refractivity contribution in [1.82, 2.24) is 25.1 Å². The van der Waals surface area contributed by atoms with Crippen molar-refractivity contribution in [2.75, 3.05) is 23.3 Å². The van der Waals surface area contributed by atoms with Crippen LogP contribution >= 0.6 is 11.3 Å². The van der Waals surface area contributed by atoms with Crippen molar-refractivity contribution >= 4 is 28.2 Å². The molecule has 0 radical (unpaired) electrons. The number of amides is 1. The number of carbonyl (C=O) groups is 1. The molecule has 4 heterocycles. The maximum Gasteiger partial charge on any atom is 0.263 e. The number of nitrogens with one attached hydrogen (secondary N) is 1. The van der Waals surface area contributed by atoms with E-state index in [0.717, 1.165) is 30.9 Å². The molecule has 0 aliphatic carbocycles. The monoisotopic (exact) mass is 399 g/mol. The number of hydrogen-bond donors (Lipinski definition) is 1. The first-order chi connectivity index (χ1) is 13.5. The Kier molecular flexibility index (Phi) is 5.03. The van der Waals surface area contributed by atoms with Gasteiger partial charge in [-0.05, 0) is 33.6 Å². The SMILES string of the molecule is Cc1csc(NC(=O)C2CCCN(c3nc(C)ncc3-c3nc(C)no3)C2)n1. The van der Waals surface area contributed by atoms with Gasteiger partial charge >= 0.3 is 0 Å². The molecule has 1 amide bonds. The molecule has 0 aromatic carbocycles. The number of hydrogen-bond acceptors (Lipinski definition) is 9. The summed E-state index contributed by atoms with van der Waals surface area (Å²) in [6.07, 6.45) is 3.42. The Balaban J connectivity index is 1.56. The minimum atomic E-state index is -0.148. The first-order valence-corrected chi connectivity index (χ1v) is 10.00. The van der Waals surface area contributed by atoms with Gasteiger partial charge < -0.3 is 14.7 Å². The molecule has 10 heteroatoms. The van der Waals surface area contributed by atoms with Crippen LogP contribution in [0.15, 0.2) is 16.1 Å². The van der Waals surface area contributed by atoms with E-state index in [1.165, 1.54) is 11.3 Å². The van der Waals surface area contributed by atoms with E-state index >= 15 is 0 Å². The number of rotatable bonds is 4. The molecule has 1 saturated heterocycles. The van der Waals surface area contributed by atoms with Gasteiger partial charge in [0.25, 0.3) is 5.89 Å². The molecule has 146 valence electrons. The van der Waals surface area contributed by atoms with Crippen LogP contribution in [0.4, 0.5) is 10.9 Å². The van der Waals surface area contributed by atoms with Gasteiger partial charge in [-0.25, -0.2) is 15.0 Å². The molecule has 3 aromatic heterocycles. The first-order valence-electron chi connectivity index (χ1n) is 9.12. The predicted octanol–water partition coefficient (Wildman–Crippen LogP) is 2.76. The summed E-state index contributed by atoms with van der Waals surface area (Å²) in [5, 5.41) is 9.36. The third-order valence-electron chi connectivity index (χ3n) is 4.59. The molecule has 4 rings (SSSR count). The highest BCUT2D eigenvalue weighted by atomic mass is 32.1. The molecule has 28 heavy (non-hydrogen) atoms. The number of anilines is 2. The maximum absolute atomic E-state index is 12.7. The molecule has 1 fully saturated rings. The number of thiazole rings is 1. The maximum atomic E-state index is 12.7. The largest absolute Gasteiger partial charge is 0.355 e. The van der Waals surface area contributed by atoms with Gasteiger partial charge in [0.2, 0.25) is 5.91 Å². The fraction of sp³-hybridized carbons (Fsp3) is 0.444. The molecule has 9 nitrogen and oxygen atoms in total. The highest BCUT2D eigenvalue weighted by Gasteiger charge is 2.29. The number of piperidine rings is 1. The summed E-state index contributed by atoms with van der Waals surface area (Å²) in [5.41, 5.74) is 1.59. The standard InChI is InChI=1S/C18H21N7O2S/c1-10-9-28-18(20-10)23-16(26)13-5-4-6-25(8-13)15-14(7-19-11(2)21-15)17-22-12(3)24-27-17/h7,9,13H,4-6,8H2,1-3H3,(H,20,23,26). The zero-order valence-electron chi connectivity index (χ0n) is 16.0. The molecule has 3 aromatic rings. The van der Waals surface area contributed by atoms with Crippen LogP contribution in [0, 0.1) is 26.7 Å². The Labute approximate surface area is 166 Å². The van der Waals surface area contributed by atoms with Crippen LogP contribution in [0.25, 0.3) is 11.5 Å². The summed E-state index contributed by atoms with van der Waals surface area (Å²) in [5.74, 6) is 2.15. The Hall–Kier alpha value is -2.88. The van der Waals surface area contributed by atoms with Crippen LogP contribution in [-0.4, -0.2) is 44.1 Å². The van der Waals surface area contributed by atoms with Crippen molar-refractivity contribution in [2.45, 2.75) is 33.6 Å². The summed E-state index contributed by atoms with van der Waals surface area (Å²) in [6.45, 7) is 6.88. The topological polar surface area (TPSA) is 110 Å². The number of aryl methyl sites for hydroxylation is 3. The fourth-order valence-electron chi connectivity index (χ4n) is 3.26. The van der Waals surface area contributed by atoms with E-state index in [4.69, 9.17) is 4.52 Å². The minimum Gasteiger partial charge on any atom is -0.355 e. The molecule has 0 spiro atoms. The Morgan fingerprint density at radius 2 is 2.11 bits per heavy atom. The summed E-state index contributed by atoms with van der Waals surface area (Å²) in [7, 11) is 0. The van der Waals surface area contributed by atoms with Crippen LogP contribution in [-0.2, 0) is 4.79 Å². The summed E-state index contributed by atoms with van der Waals surface area (Å²) >= 11 is 1.44. The Bertz CT molecular complexity index is 999. The van der Waals surface area contributed by atoms with Crippen molar-refractivity contribution in [2.24, 2.45) is 5.92 Å². The molecule has 0 bridgehead atoms. The van der Waals surface area contributed by atoms with Crippen LogP contribution in [0.5, 0.6) is 0 Å². The van der Waals surface area contributed by atoms with Gasteiger partial charge in [0.15, 0.2) is 11.0 Å². The molecular weight excluding hydrogens is 378 g/mol. The van der Waals surface area contributed by atoms with E-state index in [1.807, 2.05) is 19.2 Å². The second-order valence-electron chi connectivity index (χ2n) is 6.87. The summed E-state index contributed by atoms with van der Waals surface area (Å²) in [6, 6.07) is 0. The van der Waals surface area contributed by atoms with Crippen LogP contribution in [0.1, 0.15) is 30.2 Å². The molecule has 0 saturated carbocycles. The molecule has 1 aliphatic rings. The van der Waals surface area contributed by atoms with E-state index in [0.29, 0.717) is 34.8 Å². The Morgan fingerprint density at radius 1 is 1.25 bits per heavy atom. The lowest BCUT2D eigenvalue weighted by Gasteiger charge is -2.33. The normalized spacial score (nSPS) is 17.0. The number of aromatic nitrogens is 5. The van der Waals surface area contributed by atoms with Crippen molar-refractivity contribution in [3.63, 3.8) is 0 Å². The van der Waals surface area contributed by atoms with Crippen molar-refractivity contribution in [3.05, 3.63) is 28.9 Å². The fourth-order valence-corrected chi connectivity index (χ4v) is 3.95. The molecular formula is C18H21N7O2S. The second kappa shape index (κ2) is 7.63. The number of nitrogens with zero attached hydrogens (tertiary/aromatic N) is 6. The average molecular weight is 399 g/mol. The van der Waals surface area contributed by atoms with E-state index in [-0.39, 0.29) is 11.8 Å². The van der Waals surface area contributed by atoms with E-state index in [1.54, 1.807) is 13.1 Å². The van der Waals surface area contributed by atoms with Gasteiger partial charge in [-0.2, -0.15) is 4.98 Å². The van der Waals surface area contributed by atoms with E-state index in [2.05, 4.69) is 35.3 Å². The van der Waals surface area contributed by atoms with Crippen molar-refractivity contribution in [1.29, 1.82) is 0 Å². The van der Waals surface area contributed by atoms with Gasteiger partial charge in [0.05, 0.1) is 11.6 Å². The van der Waals surface area contributed by atoms with Gasteiger partial charge in [-0.1, -0.05) is 5.16 Å². The van der Waals surface area contributed by atoms with Crippen LogP contribution in [0.2, 0.25) is 0 Å². The summed E-state index contributed by atoms with van der Waals surface area (Å²) in [4.78, 5) is 32.3. The zero-order chi connectivity index (χ0) is 19.7. The minimum absolute atomic E-state index is 0.0139. The quantitative estimate of drug-likeness (QED) is 0.713. The van der Waals surface area contributed by atoms with Gasteiger partial charge in [-0.15, -0.1) is 11.3 Å². The third kappa shape index (κ3) is 3.86. The van der Waals surface area contributed by atoms with Crippen LogP contribution in [0.3, 0.4) is 0 Å². The summed E-state index contributed by atoms with van der Waals surface area (Å²) < 4.78 is 5.32. The molecule has 1 atom stereocenters. The second-order valence-corrected chi connectivity index (χ2v) is 7.73. The Morgan fingerprint density at radius 3 is 2.82 bits per heavy atom. The molecule has 1 unspecified atom stereocenters. The smallest absolute Gasteiger partial charge is 0.263 e. The van der Waals surface area contributed by atoms with Crippen molar-refractivity contribution < 1.29 is 9.32 Å². The van der Waals surface area contributed by atoms with E-state index < -0.39 is 0 Å². The highest BCUT2D eigenvalue weighted by molar-refractivity contribution is 7.13. The third-order valence-corrected chi connectivity index (χ3v) is 5.46. The molecule has 1 aliphatic heterocycles. The zero-order valence-corrected chi connectivity index (χ0v) is 16.8. The lowest BCUT2D eigenvalue weighted by atomic mass is 9.97. The van der Waals surface area contributed by atoms with Gasteiger partial charge in [0.1, 0.15) is 17.2 Å². The van der Waals surface area contributed by atoms with Crippen LogP contribution < -0.4 is 10.2 Å². The average Bonchev–Trinajstić information content (AvgIpc) is 3.30.